The zero-order valence-electron chi connectivity index (χ0n) is 18.5. The minimum atomic E-state index is -1.41. The molecule has 0 atom stereocenters. The van der Waals surface area contributed by atoms with Crippen LogP contribution in [0, 0.1) is 24.6 Å². The van der Waals surface area contributed by atoms with Crippen molar-refractivity contribution in [3.8, 4) is 5.13 Å². The molecule has 0 saturated carbocycles. The summed E-state index contributed by atoms with van der Waals surface area (Å²) in [6.07, 6.45) is 3.59. The molecule has 3 aromatic rings. The molecule has 0 spiro atoms. The third kappa shape index (κ3) is 4.20. The Balaban J connectivity index is 1.71. The maximum Gasteiger partial charge on any atom is 0.341 e. The Morgan fingerprint density at radius 2 is 2.09 bits per heavy atom. The number of nitrogens with zero attached hydrogens (tertiary/aromatic N) is 4. The number of fused-ring (bicyclic) bond motifs is 1. The van der Waals surface area contributed by atoms with E-state index >= 15 is 4.39 Å². The Morgan fingerprint density at radius 3 is 2.70 bits per heavy atom. The fourth-order valence-electron chi connectivity index (χ4n) is 3.77. The maximum absolute atomic E-state index is 15.3. The van der Waals surface area contributed by atoms with Gasteiger partial charge in [-0.25, -0.2) is 19.2 Å². The van der Waals surface area contributed by atoms with Crippen LogP contribution in [0.4, 0.5) is 10.2 Å². The number of anilines is 1. The monoisotopic (exact) mass is 473 g/mol. The van der Waals surface area contributed by atoms with Crippen LogP contribution in [0.15, 0.2) is 22.6 Å². The molecule has 2 N–H and O–H groups in total. The number of carboxylic acid groups (broad SMARTS) is 1. The summed E-state index contributed by atoms with van der Waals surface area (Å²) in [5.41, 5.74) is -1.15. The van der Waals surface area contributed by atoms with E-state index in [-0.39, 0.29) is 34.2 Å². The van der Waals surface area contributed by atoms with Gasteiger partial charge in [-0.15, -0.1) is 11.3 Å². The van der Waals surface area contributed by atoms with E-state index < -0.39 is 22.8 Å². The number of hydrogen-bond donors (Lipinski definition) is 2. The van der Waals surface area contributed by atoms with Gasteiger partial charge in [-0.1, -0.05) is 13.8 Å². The smallest absolute Gasteiger partial charge is 0.341 e. The summed E-state index contributed by atoms with van der Waals surface area (Å²) in [7, 11) is 0. The van der Waals surface area contributed by atoms with Gasteiger partial charge >= 0.3 is 5.97 Å². The van der Waals surface area contributed by atoms with E-state index in [0.29, 0.717) is 30.7 Å². The number of hydrogen-bond acceptors (Lipinski definition) is 7. The van der Waals surface area contributed by atoms with Crippen LogP contribution in [0.2, 0.25) is 0 Å². The summed E-state index contributed by atoms with van der Waals surface area (Å²) in [6.45, 7) is 6.80. The lowest BCUT2D eigenvalue weighted by molar-refractivity contribution is -0.125. The van der Waals surface area contributed by atoms with Crippen LogP contribution in [0.1, 0.15) is 36.2 Å². The normalized spacial score (nSPS) is 14.0. The largest absolute Gasteiger partial charge is 0.477 e. The Morgan fingerprint density at radius 1 is 1.36 bits per heavy atom. The van der Waals surface area contributed by atoms with E-state index in [1.165, 1.54) is 29.0 Å². The van der Waals surface area contributed by atoms with E-state index in [1.807, 2.05) is 0 Å². The van der Waals surface area contributed by atoms with E-state index in [4.69, 9.17) is 0 Å². The molecule has 9 nitrogen and oxygen atoms in total. The summed E-state index contributed by atoms with van der Waals surface area (Å²) in [4.78, 5) is 47.1. The lowest BCUT2D eigenvalue weighted by atomic mass is 9.98. The van der Waals surface area contributed by atoms with Crippen LogP contribution in [0.25, 0.3) is 16.2 Å². The first-order chi connectivity index (χ1) is 15.7. The van der Waals surface area contributed by atoms with E-state index in [1.54, 1.807) is 16.5 Å². The number of carbonyl (C=O) groups is 2. The second-order valence-electron chi connectivity index (χ2n) is 8.51. The number of carboxylic acids is 1. The molecule has 1 amide bonds. The van der Waals surface area contributed by atoms with Gasteiger partial charge in [-0.3, -0.25) is 14.2 Å². The summed E-state index contributed by atoms with van der Waals surface area (Å²) in [6, 6.07) is 0. The van der Waals surface area contributed by atoms with Crippen LogP contribution < -0.4 is 15.6 Å². The first-order valence-corrected chi connectivity index (χ1v) is 11.5. The minimum Gasteiger partial charge on any atom is -0.477 e. The molecule has 1 fully saturated rings. The molecule has 11 heteroatoms. The van der Waals surface area contributed by atoms with Crippen molar-refractivity contribution in [1.82, 2.24) is 19.9 Å². The number of pyridine rings is 2. The molecule has 0 bridgehead atoms. The molecular weight excluding hydrogens is 449 g/mol. The van der Waals surface area contributed by atoms with Crippen molar-refractivity contribution >= 4 is 40.1 Å². The standard InChI is InChI=1S/C22H24FN5O4S/c1-11(2)4-5-24-20(30)13-8-27(9-13)19-16(23)12(3)15-17(29)14(21(31)32)10-28(18(15)26-19)22-25-6-7-33-22/h6-7,10-11,13H,4-5,8-9H2,1-3H3,(H,24,30)(H,31,32). The van der Waals surface area contributed by atoms with Crippen molar-refractivity contribution < 1.29 is 19.1 Å². The predicted molar refractivity (Wildman–Crippen MR) is 123 cm³/mol. The van der Waals surface area contributed by atoms with E-state index in [2.05, 4.69) is 29.1 Å². The van der Waals surface area contributed by atoms with Crippen LogP contribution in [-0.2, 0) is 4.79 Å². The van der Waals surface area contributed by atoms with Crippen molar-refractivity contribution in [2.45, 2.75) is 27.2 Å². The van der Waals surface area contributed by atoms with E-state index in [9.17, 15) is 19.5 Å². The van der Waals surface area contributed by atoms with Crippen LogP contribution in [0.3, 0.4) is 0 Å². The van der Waals surface area contributed by atoms with Crippen LogP contribution >= 0.6 is 11.3 Å². The maximum atomic E-state index is 15.3. The Bertz CT molecular complexity index is 1280. The number of carbonyl (C=O) groups excluding carboxylic acids is 1. The van der Waals surface area contributed by atoms with Crippen molar-refractivity contribution in [2.75, 3.05) is 24.5 Å². The number of halogens is 1. The quantitative estimate of drug-likeness (QED) is 0.542. The third-order valence-corrected chi connectivity index (χ3v) is 6.49. The molecule has 4 heterocycles. The van der Waals surface area contributed by atoms with Gasteiger partial charge in [0.25, 0.3) is 0 Å². The SMILES string of the molecule is Cc1c(F)c(N2CC(C(=O)NCCC(C)C)C2)nc2c1c(=O)c(C(=O)O)cn2-c1nccs1. The molecule has 174 valence electrons. The zero-order chi connectivity index (χ0) is 23.9. The second-order valence-corrected chi connectivity index (χ2v) is 9.38. The average Bonchev–Trinajstić information content (AvgIpc) is 3.24. The number of thiazole rings is 1. The Hall–Kier alpha value is -3.34. The minimum absolute atomic E-state index is 0.0123. The van der Waals surface area contributed by atoms with E-state index in [0.717, 1.165) is 6.42 Å². The molecule has 4 rings (SSSR count). The van der Waals surface area contributed by atoms with Gasteiger partial charge in [0.1, 0.15) is 5.56 Å². The van der Waals surface area contributed by atoms with Gasteiger partial charge < -0.3 is 15.3 Å². The molecule has 1 aliphatic heterocycles. The number of rotatable bonds is 7. The number of aromatic carboxylic acids is 1. The second kappa shape index (κ2) is 8.89. The number of aromatic nitrogens is 3. The van der Waals surface area contributed by atoms with Crippen molar-refractivity contribution in [1.29, 1.82) is 0 Å². The van der Waals surface area contributed by atoms with Crippen LogP contribution in [-0.4, -0.2) is 51.2 Å². The molecule has 0 unspecified atom stereocenters. The molecule has 1 aliphatic rings. The van der Waals surface area contributed by atoms with Crippen molar-refractivity contribution in [2.24, 2.45) is 11.8 Å². The number of nitrogens with one attached hydrogen (secondary N) is 1. The highest BCUT2D eigenvalue weighted by molar-refractivity contribution is 7.12. The van der Waals surface area contributed by atoms with Crippen molar-refractivity contribution in [3.63, 3.8) is 0 Å². The van der Waals surface area contributed by atoms with Gasteiger partial charge in [-0.2, -0.15) is 0 Å². The van der Waals surface area contributed by atoms with Crippen molar-refractivity contribution in [3.05, 3.63) is 44.9 Å². The van der Waals surface area contributed by atoms with Gasteiger partial charge in [0, 0.05) is 43.0 Å². The number of amides is 1. The zero-order valence-corrected chi connectivity index (χ0v) is 19.3. The fraction of sp³-hybridized carbons (Fsp3) is 0.409. The molecule has 1 saturated heterocycles. The summed E-state index contributed by atoms with van der Waals surface area (Å²) in [5, 5.41) is 14.4. The summed E-state index contributed by atoms with van der Waals surface area (Å²) >= 11 is 1.23. The Labute approximate surface area is 192 Å². The molecule has 0 radical (unpaired) electrons. The first kappa shape index (κ1) is 22.8. The summed E-state index contributed by atoms with van der Waals surface area (Å²) in [5.74, 6) is -1.95. The van der Waals surface area contributed by atoms with Gasteiger partial charge in [0.15, 0.2) is 22.4 Å². The predicted octanol–water partition coefficient (Wildman–Crippen LogP) is 2.59. The molecule has 3 aromatic heterocycles. The lowest BCUT2D eigenvalue weighted by Crippen LogP contribution is -2.54. The van der Waals surface area contributed by atoms with Crippen LogP contribution in [0.5, 0.6) is 0 Å². The topological polar surface area (TPSA) is 117 Å². The molecule has 0 aliphatic carbocycles. The summed E-state index contributed by atoms with van der Waals surface area (Å²) < 4.78 is 16.7. The molecular formula is C22H24FN5O4S. The lowest BCUT2D eigenvalue weighted by Gasteiger charge is -2.39. The van der Waals surface area contributed by atoms with Gasteiger partial charge in [0.05, 0.1) is 11.3 Å². The van der Waals surface area contributed by atoms with Gasteiger partial charge in [-0.05, 0) is 19.3 Å². The Kier molecular flexibility index (Phi) is 6.15. The van der Waals surface area contributed by atoms with Gasteiger partial charge in [0.2, 0.25) is 11.3 Å². The number of aryl methyl sites for hydroxylation is 1. The molecule has 0 aromatic carbocycles. The highest BCUT2D eigenvalue weighted by atomic mass is 32.1. The third-order valence-electron chi connectivity index (χ3n) is 5.72. The fourth-order valence-corrected chi connectivity index (χ4v) is 4.39. The highest BCUT2D eigenvalue weighted by Crippen LogP contribution is 2.31. The highest BCUT2D eigenvalue weighted by Gasteiger charge is 2.36. The average molecular weight is 474 g/mol. The first-order valence-electron chi connectivity index (χ1n) is 10.6. The molecule has 33 heavy (non-hydrogen) atoms.